The standard InChI is InChI=1S/C15H14ClN3O2S/c1-2-21-12-7-6-10(9-11(12)16)14(20)19-15(22)18-13-5-3-4-8-17-13/h3-9H,2H2,1H3,(H2,17,18,19,20,22). The molecule has 0 atom stereocenters. The van der Waals surface area contributed by atoms with Crippen LogP contribution in [0.1, 0.15) is 17.3 Å². The van der Waals surface area contributed by atoms with Crippen LogP contribution in [0, 0.1) is 0 Å². The van der Waals surface area contributed by atoms with Gasteiger partial charge in [0.2, 0.25) is 0 Å². The monoisotopic (exact) mass is 335 g/mol. The lowest BCUT2D eigenvalue weighted by molar-refractivity contribution is 0.0977. The summed E-state index contributed by atoms with van der Waals surface area (Å²) < 4.78 is 5.32. The molecule has 0 saturated carbocycles. The number of pyridine rings is 1. The van der Waals surface area contributed by atoms with E-state index in [1.165, 1.54) is 6.07 Å². The van der Waals surface area contributed by atoms with Crippen molar-refractivity contribution in [2.24, 2.45) is 0 Å². The number of hydrogen-bond donors (Lipinski definition) is 2. The van der Waals surface area contributed by atoms with Crippen molar-refractivity contribution in [3.63, 3.8) is 0 Å². The van der Waals surface area contributed by atoms with E-state index in [1.54, 1.807) is 30.5 Å². The summed E-state index contributed by atoms with van der Waals surface area (Å²) in [4.78, 5) is 16.2. The molecule has 0 aliphatic rings. The van der Waals surface area contributed by atoms with Crippen molar-refractivity contribution in [2.75, 3.05) is 11.9 Å². The van der Waals surface area contributed by atoms with Crippen molar-refractivity contribution in [2.45, 2.75) is 6.92 Å². The fraction of sp³-hybridized carbons (Fsp3) is 0.133. The number of thiocarbonyl (C=S) groups is 1. The Morgan fingerprint density at radius 3 is 2.82 bits per heavy atom. The number of rotatable bonds is 4. The molecule has 0 radical (unpaired) electrons. The van der Waals surface area contributed by atoms with Crippen LogP contribution in [0.15, 0.2) is 42.6 Å². The summed E-state index contributed by atoms with van der Waals surface area (Å²) >= 11 is 11.1. The molecule has 1 amide bonds. The van der Waals surface area contributed by atoms with E-state index in [4.69, 9.17) is 28.6 Å². The number of nitrogens with one attached hydrogen (secondary N) is 2. The fourth-order valence-electron chi connectivity index (χ4n) is 1.67. The normalized spacial score (nSPS) is 9.91. The average molecular weight is 336 g/mol. The van der Waals surface area contributed by atoms with Crippen LogP contribution in [0.3, 0.4) is 0 Å². The first kappa shape index (κ1) is 16.2. The van der Waals surface area contributed by atoms with Crippen molar-refractivity contribution in [3.8, 4) is 5.75 Å². The molecular weight excluding hydrogens is 322 g/mol. The second-order valence-corrected chi connectivity index (χ2v) is 5.02. The van der Waals surface area contributed by atoms with Crippen LogP contribution in [0.4, 0.5) is 5.82 Å². The van der Waals surface area contributed by atoms with Gasteiger partial charge in [-0.15, -0.1) is 0 Å². The summed E-state index contributed by atoms with van der Waals surface area (Å²) in [6.07, 6.45) is 1.62. The Balaban J connectivity index is 2.00. The Kier molecular flexibility index (Phi) is 5.68. The molecule has 2 N–H and O–H groups in total. The number of amides is 1. The van der Waals surface area contributed by atoms with Gasteiger partial charge in [-0.3, -0.25) is 10.1 Å². The first-order chi connectivity index (χ1) is 10.6. The first-order valence-corrected chi connectivity index (χ1v) is 7.34. The average Bonchev–Trinajstić information content (AvgIpc) is 2.50. The van der Waals surface area contributed by atoms with Crippen molar-refractivity contribution in [1.29, 1.82) is 0 Å². The first-order valence-electron chi connectivity index (χ1n) is 6.56. The van der Waals surface area contributed by atoms with Gasteiger partial charge < -0.3 is 10.1 Å². The lowest BCUT2D eigenvalue weighted by atomic mass is 10.2. The highest BCUT2D eigenvalue weighted by molar-refractivity contribution is 7.80. The van der Waals surface area contributed by atoms with Crippen molar-refractivity contribution >= 4 is 40.7 Å². The molecule has 0 spiro atoms. The van der Waals surface area contributed by atoms with E-state index >= 15 is 0 Å². The Hall–Kier alpha value is -2.18. The molecule has 0 saturated heterocycles. The van der Waals surface area contributed by atoms with Gasteiger partial charge in [-0.05, 0) is 49.5 Å². The van der Waals surface area contributed by atoms with Gasteiger partial charge in [0.05, 0.1) is 11.6 Å². The summed E-state index contributed by atoms with van der Waals surface area (Å²) in [5.74, 6) is 0.728. The molecule has 7 heteroatoms. The van der Waals surface area contributed by atoms with Crippen molar-refractivity contribution < 1.29 is 9.53 Å². The number of halogens is 1. The van der Waals surface area contributed by atoms with Gasteiger partial charge in [-0.25, -0.2) is 4.98 Å². The Labute approximate surface area is 138 Å². The number of benzene rings is 1. The maximum atomic E-state index is 12.1. The highest BCUT2D eigenvalue weighted by Gasteiger charge is 2.11. The molecule has 1 heterocycles. The molecular formula is C15H14ClN3O2S. The maximum absolute atomic E-state index is 12.1. The summed E-state index contributed by atoms with van der Waals surface area (Å²) in [5, 5.41) is 5.92. The number of nitrogens with zero attached hydrogens (tertiary/aromatic N) is 1. The van der Waals surface area contributed by atoms with E-state index in [0.29, 0.717) is 28.8 Å². The summed E-state index contributed by atoms with van der Waals surface area (Å²) in [6, 6.07) is 10.1. The zero-order chi connectivity index (χ0) is 15.9. The Bertz CT molecular complexity index is 680. The number of hydrogen-bond acceptors (Lipinski definition) is 4. The molecule has 1 aromatic carbocycles. The van der Waals surface area contributed by atoms with E-state index in [9.17, 15) is 4.79 Å². The SMILES string of the molecule is CCOc1ccc(C(=O)NC(=S)Nc2ccccn2)cc1Cl. The summed E-state index contributed by atoms with van der Waals surface area (Å²) in [6.45, 7) is 2.36. The second kappa shape index (κ2) is 7.72. The van der Waals surface area contributed by atoms with Crippen LogP contribution in [-0.4, -0.2) is 22.6 Å². The molecule has 22 heavy (non-hydrogen) atoms. The van der Waals surface area contributed by atoms with Crippen LogP contribution in [0.25, 0.3) is 0 Å². The van der Waals surface area contributed by atoms with Crippen molar-refractivity contribution in [1.82, 2.24) is 10.3 Å². The predicted molar refractivity (Wildman–Crippen MR) is 90.5 cm³/mol. The topological polar surface area (TPSA) is 63.2 Å². The third kappa shape index (κ3) is 4.41. The predicted octanol–water partition coefficient (Wildman–Crippen LogP) is 3.26. The third-order valence-electron chi connectivity index (χ3n) is 2.63. The molecule has 0 aliphatic carbocycles. The minimum Gasteiger partial charge on any atom is -0.492 e. The number of aromatic nitrogens is 1. The van der Waals surface area contributed by atoms with Gasteiger partial charge in [-0.1, -0.05) is 17.7 Å². The fourth-order valence-corrected chi connectivity index (χ4v) is 2.11. The second-order valence-electron chi connectivity index (χ2n) is 4.20. The van der Waals surface area contributed by atoms with Crippen LogP contribution < -0.4 is 15.4 Å². The molecule has 0 unspecified atom stereocenters. The summed E-state index contributed by atoms with van der Waals surface area (Å²) in [7, 11) is 0. The minimum atomic E-state index is -0.363. The van der Waals surface area contributed by atoms with Crippen molar-refractivity contribution in [3.05, 3.63) is 53.2 Å². The van der Waals surface area contributed by atoms with E-state index in [2.05, 4.69) is 15.6 Å². The van der Waals surface area contributed by atoms with Crippen LogP contribution >= 0.6 is 23.8 Å². The lowest BCUT2D eigenvalue weighted by Gasteiger charge is -2.10. The van der Waals surface area contributed by atoms with Crippen LogP contribution in [0.2, 0.25) is 5.02 Å². The highest BCUT2D eigenvalue weighted by Crippen LogP contribution is 2.25. The number of carbonyl (C=O) groups excluding carboxylic acids is 1. The molecule has 114 valence electrons. The maximum Gasteiger partial charge on any atom is 0.257 e. The van der Waals surface area contributed by atoms with E-state index in [1.807, 2.05) is 13.0 Å². The molecule has 2 aromatic rings. The Morgan fingerprint density at radius 1 is 1.36 bits per heavy atom. The quantitative estimate of drug-likeness (QED) is 0.840. The van der Waals surface area contributed by atoms with Gasteiger partial charge >= 0.3 is 0 Å². The molecule has 2 rings (SSSR count). The molecule has 1 aromatic heterocycles. The zero-order valence-corrected chi connectivity index (χ0v) is 13.4. The van der Waals surface area contributed by atoms with Gasteiger partial charge in [-0.2, -0.15) is 0 Å². The van der Waals surface area contributed by atoms with Gasteiger partial charge in [0.15, 0.2) is 5.11 Å². The van der Waals surface area contributed by atoms with E-state index < -0.39 is 0 Å². The van der Waals surface area contributed by atoms with E-state index in [-0.39, 0.29) is 11.0 Å². The number of ether oxygens (including phenoxy) is 1. The smallest absolute Gasteiger partial charge is 0.257 e. The molecule has 0 fully saturated rings. The molecule has 0 bridgehead atoms. The van der Waals surface area contributed by atoms with Crippen LogP contribution in [-0.2, 0) is 0 Å². The van der Waals surface area contributed by atoms with E-state index in [0.717, 1.165) is 0 Å². The van der Waals surface area contributed by atoms with Gasteiger partial charge in [0.1, 0.15) is 11.6 Å². The zero-order valence-electron chi connectivity index (χ0n) is 11.8. The van der Waals surface area contributed by atoms with Gasteiger partial charge in [0.25, 0.3) is 5.91 Å². The number of carbonyl (C=O) groups is 1. The summed E-state index contributed by atoms with van der Waals surface area (Å²) in [5.41, 5.74) is 0.388. The molecule has 0 aliphatic heterocycles. The van der Waals surface area contributed by atoms with Gasteiger partial charge in [0, 0.05) is 11.8 Å². The third-order valence-corrected chi connectivity index (χ3v) is 3.13. The highest BCUT2D eigenvalue weighted by atomic mass is 35.5. The minimum absolute atomic E-state index is 0.161. The Morgan fingerprint density at radius 2 is 2.18 bits per heavy atom. The lowest BCUT2D eigenvalue weighted by Crippen LogP contribution is -2.34. The molecule has 5 nitrogen and oxygen atoms in total. The number of anilines is 1. The largest absolute Gasteiger partial charge is 0.492 e. The van der Waals surface area contributed by atoms with Crippen LogP contribution in [0.5, 0.6) is 5.75 Å².